The Balaban J connectivity index is 0.00000341. The van der Waals surface area contributed by atoms with Gasteiger partial charge < -0.3 is 25.6 Å². The first-order chi connectivity index (χ1) is 14.7. The Hall–Kier alpha value is -2.40. The van der Waals surface area contributed by atoms with E-state index in [-0.39, 0.29) is 29.9 Å². The van der Waals surface area contributed by atoms with E-state index in [1.807, 2.05) is 36.5 Å². The lowest BCUT2D eigenvalue weighted by molar-refractivity contribution is 0.0963. The van der Waals surface area contributed by atoms with Gasteiger partial charge in [-0.15, -0.1) is 24.0 Å². The Labute approximate surface area is 200 Å². The van der Waals surface area contributed by atoms with Crippen molar-refractivity contribution in [1.29, 1.82) is 0 Å². The molecule has 8 nitrogen and oxygen atoms in total. The Morgan fingerprint density at radius 1 is 1.19 bits per heavy atom. The van der Waals surface area contributed by atoms with Gasteiger partial charge in [0.1, 0.15) is 5.82 Å². The molecule has 0 radical (unpaired) electrons. The number of nitrogens with zero attached hydrogens (tertiary/aromatic N) is 3. The molecule has 0 aliphatic carbocycles. The maximum atomic E-state index is 11.8. The number of nitrogens with one attached hydrogen (secondary N) is 3. The first-order valence-corrected chi connectivity index (χ1v) is 10.2. The Morgan fingerprint density at radius 2 is 2.00 bits per heavy atom. The van der Waals surface area contributed by atoms with Gasteiger partial charge in [0.05, 0.1) is 13.2 Å². The summed E-state index contributed by atoms with van der Waals surface area (Å²) in [5.74, 6) is 1.65. The average molecular weight is 538 g/mol. The summed E-state index contributed by atoms with van der Waals surface area (Å²) < 4.78 is 5.45. The van der Waals surface area contributed by atoms with Gasteiger partial charge >= 0.3 is 0 Å². The number of aliphatic imine (C=N–C) groups is 1. The van der Waals surface area contributed by atoms with Gasteiger partial charge in [0.25, 0.3) is 5.91 Å². The van der Waals surface area contributed by atoms with E-state index in [0.717, 1.165) is 55.6 Å². The van der Waals surface area contributed by atoms with Gasteiger partial charge in [-0.2, -0.15) is 0 Å². The monoisotopic (exact) mass is 538 g/mol. The predicted molar refractivity (Wildman–Crippen MR) is 134 cm³/mol. The molecule has 0 saturated carbocycles. The summed E-state index contributed by atoms with van der Waals surface area (Å²) in [5, 5.41) is 9.35. The lowest BCUT2D eigenvalue weighted by Gasteiger charge is -2.29. The summed E-state index contributed by atoms with van der Waals surface area (Å²) in [6.07, 6.45) is 2.62. The third-order valence-corrected chi connectivity index (χ3v) is 4.97. The largest absolute Gasteiger partial charge is 0.378 e. The van der Waals surface area contributed by atoms with Crippen LogP contribution in [0.2, 0.25) is 0 Å². The van der Waals surface area contributed by atoms with Gasteiger partial charge in [0.2, 0.25) is 0 Å². The molecule has 0 bridgehead atoms. The van der Waals surface area contributed by atoms with Crippen LogP contribution in [0.3, 0.4) is 0 Å². The van der Waals surface area contributed by atoms with Crippen molar-refractivity contribution in [1.82, 2.24) is 20.9 Å². The molecule has 0 atom stereocenters. The van der Waals surface area contributed by atoms with Crippen LogP contribution in [0, 0.1) is 0 Å². The van der Waals surface area contributed by atoms with Crippen molar-refractivity contribution in [2.24, 2.45) is 4.99 Å². The number of carbonyl (C=O) groups is 1. The SMILES string of the molecule is CN=C(NCCc1cccc(C(=O)NC)c1)NCc1cccnc1N1CCOCC1.I. The third kappa shape index (κ3) is 7.35. The molecular formula is C22H31IN6O2. The van der Waals surface area contributed by atoms with Crippen LogP contribution in [-0.4, -0.2) is 63.8 Å². The van der Waals surface area contributed by atoms with E-state index < -0.39 is 0 Å². The quantitative estimate of drug-likeness (QED) is 0.283. The minimum absolute atomic E-state index is 0. The fraction of sp³-hybridized carbons (Fsp3) is 0.409. The fourth-order valence-corrected chi connectivity index (χ4v) is 3.37. The molecule has 1 amide bonds. The van der Waals surface area contributed by atoms with Crippen LogP contribution >= 0.6 is 24.0 Å². The molecule has 1 aromatic carbocycles. The predicted octanol–water partition coefficient (Wildman–Crippen LogP) is 1.80. The van der Waals surface area contributed by atoms with Crippen LogP contribution in [0.25, 0.3) is 0 Å². The number of hydrogen-bond donors (Lipinski definition) is 3. The summed E-state index contributed by atoms with van der Waals surface area (Å²) in [6, 6.07) is 11.7. The number of halogens is 1. The molecule has 0 spiro atoms. The fourth-order valence-electron chi connectivity index (χ4n) is 3.37. The van der Waals surface area contributed by atoms with Crippen molar-refractivity contribution >= 4 is 41.7 Å². The van der Waals surface area contributed by atoms with E-state index in [9.17, 15) is 4.79 Å². The highest BCUT2D eigenvalue weighted by Gasteiger charge is 2.15. The third-order valence-electron chi connectivity index (χ3n) is 4.97. The van der Waals surface area contributed by atoms with Crippen LogP contribution in [0.4, 0.5) is 5.82 Å². The number of aromatic nitrogens is 1. The van der Waals surface area contributed by atoms with E-state index in [1.165, 1.54) is 0 Å². The van der Waals surface area contributed by atoms with E-state index in [2.05, 4.69) is 36.9 Å². The van der Waals surface area contributed by atoms with Crippen molar-refractivity contribution < 1.29 is 9.53 Å². The molecule has 1 saturated heterocycles. The van der Waals surface area contributed by atoms with E-state index in [4.69, 9.17) is 4.74 Å². The highest BCUT2D eigenvalue weighted by molar-refractivity contribution is 14.0. The van der Waals surface area contributed by atoms with Crippen LogP contribution < -0.4 is 20.9 Å². The Morgan fingerprint density at radius 3 is 2.74 bits per heavy atom. The van der Waals surface area contributed by atoms with Gasteiger partial charge in [-0.05, 0) is 30.2 Å². The summed E-state index contributed by atoms with van der Waals surface area (Å²) in [4.78, 5) is 22.9. The highest BCUT2D eigenvalue weighted by Crippen LogP contribution is 2.18. The Kier molecular flexibility index (Phi) is 10.5. The minimum Gasteiger partial charge on any atom is -0.378 e. The van der Waals surface area contributed by atoms with Crippen LogP contribution in [0.5, 0.6) is 0 Å². The average Bonchev–Trinajstić information content (AvgIpc) is 2.81. The number of ether oxygens (including phenoxy) is 1. The number of amides is 1. The minimum atomic E-state index is -0.0742. The molecule has 0 unspecified atom stereocenters. The summed E-state index contributed by atoms with van der Waals surface area (Å²) >= 11 is 0. The molecule has 9 heteroatoms. The number of guanidine groups is 1. The molecule has 1 fully saturated rings. The number of morpholine rings is 1. The zero-order chi connectivity index (χ0) is 21.2. The van der Waals surface area contributed by atoms with Gasteiger partial charge in [0.15, 0.2) is 5.96 Å². The van der Waals surface area contributed by atoms with Crippen LogP contribution in [0.15, 0.2) is 47.6 Å². The molecule has 31 heavy (non-hydrogen) atoms. The highest BCUT2D eigenvalue weighted by atomic mass is 127. The molecular weight excluding hydrogens is 507 g/mol. The normalized spacial score (nSPS) is 13.9. The van der Waals surface area contributed by atoms with Crippen LogP contribution in [0.1, 0.15) is 21.5 Å². The number of anilines is 1. The molecule has 2 heterocycles. The summed E-state index contributed by atoms with van der Waals surface area (Å²) in [5.41, 5.74) is 2.89. The Bertz CT molecular complexity index is 871. The molecule has 1 aliphatic rings. The zero-order valence-corrected chi connectivity index (χ0v) is 20.4. The lowest BCUT2D eigenvalue weighted by Crippen LogP contribution is -2.40. The molecule has 1 aliphatic heterocycles. The smallest absolute Gasteiger partial charge is 0.251 e. The second-order valence-electron chi connectivity index (χ2n) is 6.97. The second kappa shape index (κ2) is 13.1. The lowest BCUT2D eigenvalue weighted by atomic mass is 10.1. The van der Waals surface area contributed by atoms with Gasteiger partial charge in [-0.1, -0.05) is 18.2 Å². The number of carbonyl (C=O) groups excluding carboxylic acids is 1. The number of hydrogen-bond acceptors (Lipinski definition) is 5. The number of pyridine rings is 1. The zero-order valence-electron chi connectivity index (χ0n) is 18.1. The summed E-state index contributed by atoms with van der Waals surface area (Å²) in [7, 11) is 3.40. The maximum absolute atomic E-state index is 11.8. The number of benzene rings is 1. The van der Waals surface area contributed by atoms with Gasteiger partial charge in [-0.25, -0.2) is 4.98 Å². The molecule has 168 valence electrons. The number of rotatable bonds is 7. The second-order valence-corrected chi connectivity index (χ2v) is 6.97. The standard InChI is InChI=1S/C22H30N6O2.HI/c1-23-21(29)18-6-3-5-17(15-18)8-10-26-22(24-2)27-16-19-7-4-9-25-20(19)28-11-13-30-14-12-28;/h3-7,9,15H,8,10-14,16H2,1-2H3,(H,23,29)(H2,24,26,27);1H. The first kappa shape index (κ1) is 24.9. The molecule has 3 N–H and O–H groups in total. The summed E-state index contributed by atoms with van der Waals surface area (Å²) in [6.45, 7) is 4.51. The molecule has 1 aromatic heterocycles. The first-order valence-electron chi connectivity index (χ1n) is 10.2. The molecule has 2 aromatic rings. The van der Waals surface area contributed by atoms with E-state index >= 15 is 0 Å². The van der Waals surface area contributed by atoms with E-state index in [1.54, 1.807) is 14.1 Å². The van der Waals surface area contributed by atoms with Crippen LogP contribution in [-0.2, 0) is 17.7 Å². The van der Waals surface area contributed by atoms with E-state index in [0.29, 0.717) is 18.7 Å². The van der Waals surface area contributed by atoms with Crippen molar-refractivity contribution in [3.8, 4) is 0 Å². The molecule has 3 rings (SSSR count). The van der Waals surface area contributed by atoms with Crippen molar-refractivity contribution in [3.63, 3.8) is 0 Å². The van der Waals surface area contributed by atoms with Gasteiger partial charge in [-0.3, -0.25) is 9.79 Å². The maximum Gasteiger partial charge on any atom is 0.251 e. The topological polar surface area (TPSA) is 90.9 Å². The van der Waals surface area contributed by atoms with Gasteiger partial charge in [0, 0.05) is 57.6 Å². The van der Waals surface area contributed by atoms with Crippen molar-refractivity contribution in [3.05, 3.63) is 59.3 Å². The van der Waals surface area contributed by atoms with Crippen molar-refractivity contribution in [2.45, 2.75) is 13.0 Å². The van der Waals surface area contributed by atoms with Crippen molar-refractivity contribution in [2.75, 3.05) is 51.8 Å².